The van der Waals surface area contributed by atoms with E-state index in [9.17, 15) is 0 Å². The standard InChI is InChI=1S/C12H16N2O/c1-2-12-4-3-11(9-13-12)10-14-5-7-15-8-6-14/h2-4,9H,1,5-8,10H2. The summed E-state index contributed by atoms with van der Waals surface area (Å²) in [6, 6.07) is 4.11. The summed E-state index contributed by atoms with van der Waals surface area (Å²) < 4.78 is 5.30. The second-order valence-corrected chi connectivity index (χ2v) is 3.68. The first-order valence-corrected chi connectivity index (χ1v) is 5.26. The van der Waals surface area contributed by atoms with E-state index in [4.69, 9.17) is 4.74 Å². The molecule has 2 heterocycles. The van der Waals surface area contributed by atoms with Crippen molar-refractivity contribution in [2.75, 3.05) is 26.3 Å². The molecule has 0 amide bonds. The van der Waals surface area contributed by atoms with Gasteiger partial charge in [-0.2, -0.15) is 0 Å². The maximum absolute atomic E-state index is 5.30. The van der Waals surface area contributed by atoms with Crippen LogP contribution in [-0.2, 0) is 11.3 Å². The molecule has 0 N–H and O–H groups in total. The summed E-state index contributed by atoms with van der Waals surface area (Å²) >= 11 is 0. The molecular formula is C12H16N2O. The Kier molecular flexibility index (Phi) is 3.48. The molecule has 3 nitrogen and oxygen atoms in total. The number of hydrogen-bond donors (Lipinski definition) is 0. The predicted molar refractivity (Wildman–Crippen MR) is 60.4 cm³/mol. The highest BCUT2D eigenvalue weighted by molar-refractivity contribution is 5.41. The number of hydrogen-bond acceptors (Lipinski definition) is 3. The van der Waals surface area contributed by atoms with Crippen molar-refractivity contribution < 1.29 is 4.74 Å². The van der Waals surface area contributed by atoms with E-state index in [1.807, 2.05) is 12.3 Å². The van der Waals surface area contributed by atoms with Crippen LogP contribution in [0.25, 0.3) is 6.08 Å². The molecule has 0 unspecified atom stereocenters. The Hall–Kier alpha value is -1.19. The SMILES string of the molecule is C=Cc1ccc(CN2CCOCC2)cn1. The number of aromatic nitrogens is 1. The van der Waals surface area contributed by atoms with Crippen LogP contribution < -0.4 is 0 Å². The van der Waals surface area contributed by atoms with Crippen molar-refractivity contribution in [3.8, 4) is 0 Å². The number of pyridine rings is 1. The minimum absolute atomic E-state index is 0.845. The van der Waals surface area contributed by atoms with Crippen molar-refractivity contribution in [2.24, 2.45) is 0 Å². The van der Waals surface area contributed by atoms with E-state index in [0.29, 0.717) is 0 Å². The average molecular weight is 204 g/mol. The number of morpholine rings is 1. The molecule has 80 valence electrons. The fourth-order valence-electron chi connectivity index (χ4n) is 1.67. The van der Waals surface area contributed by atoms with Gasteiger partial charge in [-0.3, -0.25) is 9.88 Å². The zero-order chi connectivity index (χ0) is 10.5. The molecule has 1 aromatic rings. The van der Waals surface area contributed by atoms with Gasteiger partial charge in [-0.25, -0.2) is 0 Å². The fourth-order valence-corrected chi connectivity index (χ4v) is 1.67. The third-order valence-corrected chi connectivity index (χ3v) is 2.57. The summed E-state index contributed by atoms with van der Waals surface area (Å²) in [6.45, 7) is 8.38. The zero-order valence-electron chi connectivity index (χ0n) is 8.85. The first-order valence-electron chi connectivity index (χ1n) is 5.26. The molecule has 3 heteroatoms. The van der Waals surface area contributed by atoms with Gasteiger partial charge in [0.2, 0.25) is 0 Å². The van der Waals surface area contributed by atoms with Crippen molar-refractivity contribution in [3.63, 3.8) is 0 Å². The lowest BCUT2D eigenvalue weighted by atomic mass is 10.2. The van der Waals surface area contributed by atoms with Gasteiger partial charge in [-0.15, -0.1) is 0 Å². The van der Waals surface area contributed by atoms with Crippen LogP contribution in [0.1, 0.15) is 11.3 Å². The summed E-state index contributed by atoms with van der Waals surface area (Å²) in [5.41, 5.74) is 2.18. The highest BCUT2D eigenvalue weighted by Gasteiger charge is 2.10. The number of ether oxygens (including phenoxy) is 1. The van der Waals surface area contributed by atoms with Crippen molar-refractivity contribution in [2.45, 2.75) is 6.54 Å². The predicted octanol–water partition coefficient (Wildman–Crippen LogP) is 1.56. The maximum atomic E-state index is 5.30. The van der Waals surface area contributed by atoms with Gasteiger partial charge in [0.05, 0.1) is 18.9 Å². The minimum atomic E-state index is 0.845. The lowest BCUT2D eigenvalue weighted by Gasteiger charge is -2.26. The summed E-state index contributed by atoms with van der Waals surface area (Å²) in [5.74, 6) is 0. The topological polar surface area (TPSA) is 25.4 Å². The molecule has 1 saturated heterocycles. The Morgan fingerprint density at radius 1 is 1.40 bits per heavy atom. The van der Waals surface area contributed by atoms with Gasteiger partial charge in [-0.1, -0.05) is 12.6 Å². The van der Waals surface area contributed by atoms with Crippen molar-refractivity contribution in [3.05, 3.63) is 36.2 Å². The number of nitrogens with zero attached hydrogens (tertiary/aromatic N) is 2. The third-order valence-electron chi connectivity index (χ3n) is 2.57. The van der Waals surface area contributed by atoms with Gasteiger partial charge in [0.25, 0.3) is 0 Å². The van der Waals surface area contributed by atoms with E-state index in [1.165, 1.54) is 5.56 Å². The van der Waals surface area contributed by atoms with Gasteiger partial charge in [0.1, 0.15) is 0 Å². The van der Waals surface area contributed by atoms with Crippen LogP contribution in [-0.4, -0.2) is 36.2 Å². The van der Waals surface area contributed by atoms with Crippen LogP contribution in [0.2, 0.25) is 0 Å². The van der Waals surface area contributed by atoms with Crippen molar-refractivity contribution in [1.82, 2.24) is 9.88 Å². The van der Waals surface area contributed by atoms with E-state index in [1.54, 1.807) is 6.08 Å². The van der Waals surface area contributed by atoms with E-state index >= 15 is 0 Å². The Morgan fingerprint density at radius 2 is 2.20 bits per heavy atom. The molecule has 15 heavy (non-hydrogen) atoms. The Labute approximate surface area is 90.4 Å². The summed E-state index contributed by atoms with van der Waals surface area (Å²) in [6.07, 6.45) is 3.69. The van der Waals surface area contributed by atoms with E-state index < -0.39 is 0 Å². The van der Waals surface area contributed by atoms with Gasteiger partial charge in [0, 0.05) is 25.8 Å². The summed E-state index contributed by atoms with van der Waals surface area (Å²) in [5, 5.41) is 0. The normalized spacial score (nSPS) is 17.6. The fraction of sp³-hybridized carbons (Fsp3) is 0.417. The van der Waals surface area contributed by atoms with Crippen LogP contribution in [0.15, 0.2) is 24.9 Å². The Morgan fingerprint density at radius 3 is 2.80 bits per heavy atom. The van der Waals surface area contributed by atoms with Crippen LogP contribution in [0.4, 0.5) is 0 Å². The first kappa shape index (κ1) is 10.3. The van der Waals surface area contributed by atoms with Gasteiger partial charge < -0.3 is 4.74 Å². The van der Waals surface area contributed by atoms with Crippen molar-refractivity contribution >= 4 is 6.08 Å². The molecule has 1 aromatic heterocycles. The molecular weight excluding hydrogens is 188 g/mol. The summed E-state index contributed by atoms with van der Waals surface area (Å²) in [4.78, 5) is 6.67. The molecule has 0 aliphatic carbocycles. The van der Waals surface area contributed by atoms with Gasteiger partial charge in [-0.05, 0) is 17.7 Å². The molecule has 0 saturated carbocycles. The Bertz CT molecular complexity index is 315. The highest BCUT2D eigenvalue weighted by Crippen LogP contribution is 2.07. The smallest absolute Gasteiger partial charge is 0.0623 e. The summed E-state index contributed by atoms with van der Waals surface area (Å²) in [7, 11) is 0. The molecule has 0 bridgehead atoms. The number of rotatable bonds is 3. The van der Waals surface area contributed by atoms with Crippen LogP contribution in [0.3, 0.4) is 0 Å². The first-order chi connectivity index (χ1) is 7.38. The lowest BCUT2D eigenvalue weighted by molar-refractivity contribution is 0.0341. The van der Waals surface area contributed by atoms with Crippen LogP contribution in [0.5, 0.6) is 0 Å². The average Bonchev–Trinajstić information content (AvgIpc) is 2.31. The molecule has 1 aliphatic rings. The molecule has 0 aromatic carbocycles. The van der Waals surface area contributed by atoms with Crippen LogP contribution in [0, 0.1) is 0 Å². The minimum Gasteiger partial charge on any atom is -0.379 e. The Balaban J connectivity index is 1.94. The van der Waals surface area contributed by atoms with Gasteiger partial charge in [0.15, 0.2) is 0 Å². The molecule has 0 atom stereocenters. The van der Waals surface area contributed by atoms with E-state index in [0.717, 1.165) is 38.5 Å². The van der Waals surface area contributed by atoms with E-state index in [-0.39, 0.29) is 0 Å². The third kappa shape index (κ3) is 2.88. The largest absolute Gasteiger partial charge is 0.379 e. The second kappa shape index (κ2) is 5.05. The van der Waals surface area contributed by atoms with E-state index in [2.05, 4.69) is 22.5 Å². The van der Waals surface area contributed by atoms with Crippen molar-refractivity contribution in [1.29, 1.82) is 0 Å². The lowest BCUT2D eigenvalue weighted by Crippen LogP contribution is -2.35. The molecule has 1 fully saturated rings. The molecule has 0 spiro atoms. The maximum Gasteiger partial charge on any atom is 0.0623 e. The quantitative estimate of drug-likeness (QED) is 0.747. The van der Waals surface area contributed by atoms with Crippen LogP contribution >= 0.6 is 0 Å². The van der Waals surface area contributed by atoms with Gasteiger partial charge >= 0.3 is 0 Å². The monoisotopic (exact) mass is 204 g/mol. The second-order valence-electron chi connectivity index (χ2n) is 3.68. The molecule has 1 aliphatic heterocycles. The molecule has 0 radical (unpaired) electrons. The molecule has 2 rings (SSSR count). The zero-order valence-corrected chi connectivity index (χ0v) is 8.85. The highest BCUT2D eigenvalue weighted by atomic mass is 16.5.